The quantitative estimate of drug-likeness (QED) is 0.628. The van der Waals surface area contributed by atoms with E-state index in [1.807, 2.05) is 13.0 Å². The minimum Gasteiger partial charge on any atom is -0.493 e. The van der Waals surface area contributed by atoms with Crippen LogP contribution in [0.5, 0.6) is 11.5 Å². The average Bonchev–Trinajstić information content (AvgIpc) is 2.58. The number of hydrazone groups is 1. The zero-order valence-electron chi connectivity index (χ0n) is 14.1. The number of H-pyrrole nitrogens is 1. The highest BCUT2D eigenvalue weighted by Gasteiger charge is 2.06. The van der Waals surface area contributed by atoms with Crippen molar-refractivity contribution in [3.05, 3.63) is 50.7 Å². The van der Waals surface area contributed by atoms with Crippen molar-refractivity contribution in [2.24, 2.45) is 12.1 Å². The SMILES string of the molecule is CCOc1ccc(/C=N\N(C)c2cc(=O)n(C)c(=O)[nH]2)cc1OC. The number of aromatic amines is 1. The van der Waals surface area contributed by atoms with E-state index >= 15 is 0 Å². The van der Waals surface area contributed by atoms with Crippen LogP contribution in [0.4, 0.5) is 5.82 Å². The van der Waals surface area contributed by atoms with Crippen LogP contribution in [0.25, 0.3) is 0 Å². The molecular formula is C16H20N4O4. The Morgan fingerprint density at radius 3 is 2.67 bits per heavy atom. The van der Waals surface area contributed by atoms with Crippen molar-refractivity contribution in [3.8, 4) is 11.5 Å². The number of ether oxygens (including phenoxy) is 2. The van der Waals surface area contributed by atoms with Crippen LogP contribution in [-0.2, 0) is 7.05 Å². The first-order valence-electron chi connectivity index (χ1n) is 7.35. The molecule has 0 fully saturated rings. The first-order valence-corrected chi connectivity index (χ1v) is 7.35. The molecule has 24 heavy (non-hydrogen) atoms. The molecular weight excluding hydrogens is 312 g/mol. The summed E-state index contributed by atoms with van der Waals surface area (Å²) in [6.45, 7) is 2.44. The third kappa shape index (κ3) is 3.83. The first-order chi connectivity index (χ1) is 11.5. The molecule has 1 aromatic heterocycles. The van der Waals surface area contributed by atoms with Gasteiger partial charge in [-0.2, -0.15) is 5.10 Å². The minimum absolute atomic E-state index is 0.303. The third-order valence-corrected chi connectivity index (χ3v) is 3.35. The van der Waals surface area contributed by atoms with Gasteiger partial charge < -0.3 is 9.47 Å². The van der Waals surface area contributed by atoms with Crippen molar-refractivity contribution < 1.29 is 9.47 Å². The summed E-state index contributed by atoms with van der Waals surface area (Å²) in [6.07, 6.45) is 1.59. The van der Waals surface area contributed by atoms with E-state index in [-0.39, 0.29) is 0 Å². The summed E-state index contributed by atoms with van der Waals surface area (Å²) in [5.74, 6) is 1.56. The summed E-state index contributed by atoms with van der Waals surface area (Å²) in [5.41, 5.74) is -0.117. The molecule has 0 aliphatic heterocycles. The Labute approximate surface area is 139 Å². The van der Waals surface area contributed by atoms with Crippen molar-refractivity contribution in [1.82, 2.24) is 9.55 Å². The van der Waals surface area contributed by atoms with Gasteiger partial charge in [0, 0.05) is 20.2 Å². The first kappa shape index (κ1) is 17.3. The van der Waals surface area contributed by atoms with E-state index in [4.69, 9.17) is 9.47 Å². The molecule has 128 valence electrons. The summed E-state index contributed by atoms with van der Waals surface area (Å²) >= 11 is 0. The van der Waals surface area contributed by atoms with E-state index in [1.165, 1.54) is 18.1 Å². The van der Waals surface area contributed by atoms with Gasteiger partial charge in [-0.25, -0.2) is 4.79 Å². The van der Waals surface area contributed by atoms with E-state index < -0.39 is 11.2 Å². The van der Waals surface area contributed by atoms with Gasteiger partial charge >= 0.3 is 5.69 Å². The number of rotatable bonds is 6. The van der Waals surface area contributed by atoms with Gasteiger partial charge in [-0.05, 0) is 30.7 Å². The number of hydrogen-bond acceptors (Lipinski definition) is 6. The third-order valence-electron chi connectivity index (χ3n) is 3.35. The molecule has 0 saturated carbocycles. The average molecular weight is 332 g/mol. The maximum atomic E-state index is 11.7. The summed E-state index contributed by atoms with van der Waals surface area (Å²) in [7, 11) is 4.60. The molecule has 2 aromatic rings. The second kappa shape index (κ2) is 7.49. The molecule has 0 unspecified atom stereocenters. The monoisotopic (exact) mass is 332 g/mol. The van der Waals surface area contributed by atoms with Crippen LogP contribution >= 0.6 is 0 Å². The molecule has 0 amide bonds. The Bertz CT molecular complexity index is 823. The molecule has 0 bridgehead atoms. The van der Waals surface area contributed by atoms with Crippen molar-refractivity contribution >= 4 is 12.0 Å². The minimum atomic E-state index is -0.498. The zero-order chi connectivity index (χ0) is 17.7. The molecule has 8 heteroatoms. The Morgan fingerprint density at radius 1 is 1.29 bits per heavy atom. The Hall–Kier alpha value is -3.03. The Balaban J connectivity index is 2.24. The van der Waals surface area contributed by atoms with Crippen LogP contribution in [0, 0.1) is 0 Å². The van der Waals surface area contributed by atoms with Crippen LogP contribution in [0.1, 0.15) is 12.5 Å². The van der Waals surface area contributed by atoms with Crippen LogP contribution < -0.4 is 25.7 Å². The molecule has 0 spiro atoms. The summed E-state index contributed by atoms with van der Waals surface area (Å²) in [5, 5.41) is 5.63. The van der Waals surface area contributed by atoms with Gasteiger partial charge in [0.1, 0.15) is 5.82 Å². The topological polar surface area (TPSA) is 88.9 Å². The van der Waals surface area contributed by atoms with E-state index in [0.717, 1.165) is 10.1 Å². The molecule has 2 rings (SSSR count). The lowest BCUT2D eigenvalue weighted by Gasteiger charge is -2.13. The predicted octanol–water partition coefficient (Wildman–Crippen LogP) is 0.951. The molecule has 1 heterocycles. The molecule has 1 N–H and O–H groups in total. The van der Waals surface area contributed by atoms with Crippen molar-refractivity contribution in [1.29, 1.82) is 0 Å². The molecule has 8 nitrogen and oxygen atoms in total. The maximum absolute atomic E-state index is 11.7. The largest absolute Gasteiger partial charge is 0.493 e. The van der Waals surface area contributed by atoms with Crippen LogP contribution in [0.2, 0.25) is 0 Å². The standard InChI is InChI=1S/C16H20N4O4/c1-5-24-12-7-6-11(8-13(12)23-4)10-17-20(3)14-9-15(21)19(2)16(22)18-14/h6-10H,5H2,1-4H3,(H,18,22)/b17-10-. The van der Waals surface area contributed by atoms with Crippen LogP contribution in [0.15, 0.2) is 39.0 Å². The van der Waals surface area contributed by atoms with Gasteiger partial charge in [0.2, 0.25) is 0 Å². The number of hydrogen-bond donors (Lipinski definition) is 1. The molecule has 1 aromatic carbocycles. The smallest absolute Gasteiger partial charge is 0.329 e. The lowest BCUT2D eigenvalue weighted by Crippen LogP contribution is -2.33. The molecule has 0 aliphatic carbocycles. The fourth-order valence-electron chi connectivity index (χ4n) is 1.97. The highest BCUT2D eigenvalue weighted by molar-refractivity contribution is 5.81. The molecule has 0 aliphatic rings. The number of anilines is 1. The summed E-state index contributed by atoms with van der Waals surface area (Å²) < 4.78 is 11.7. The second-order valence-corrected chi connectivity index (χ2v) is 4.97. The Kier molecular flexibility index (Phi) is 5.41. The van der Waals surface area contributed by atoms with Crippen molar-refractivity contribution in [2.75, 3.05) is 25.8 Å². The zero-order valence-corrected chi connectivity index (χ0v) is 14.1. The number of nitrogens with zero attached hydrogens (tertiary/aromatic N) is 3. The van der Waals surface area contributed by atoms with E-state index in [1.54, 1.807) is 32.5 Å². The predicted molar refractivity (Wildman–Crippen MR) is 92.5 cm³/mol. The summed E-state index contributed by atoms with van der Waals surface area (Å²) in [6, 6.07) is 6.72. The van der Waals surface area contributed by atoms with Gasteiger partial charge in [-0.1, -0.05) is 0 Å². The number of benzene rings is 1. The fraction of sp³-hybridized carbons (Fsp3) is 0.312. The normalized spacial score (nSPS) is 10.8. The molecule has 0 atom stereocenters. The van der Waals surface area contributed by atoms with E-state index in [9.17, 15) is 9.59 Å². The summed E-state index contributed by atoms with van der Waals surface area (Å²) in [4.78, 5) is 25.9. The lowest BCUT2D eigenvalue weighted by atomic mass is 10.2. The second-order valence-electron chi connectivity index (χ2n) is 4.97. The van der Waals surface area contributed by atoms with E-state index in [2.05, 4.69) is 10.1 Å². The highest BCUT2D eigenvalue weighted by atomic mass is 16.5. The highest BCUT2D eigenvalue weighted by Crippen LogP contribution is 2.27. The van der Waals surface area contributed by atoms with E-state index in [0.29, 0.717) is 23.9 Å². The maximum Gasteiger partial charge on any atom is 0.329 e. The Morgan fingerprint density at radius 2 is 2.04 bits per heavy atom. The van der Waals surface area contributed by atoms with Crippen LogP contribution in [-0.4, -0.2) is 36.5 Å². The number of methoxy groups -OCH3 is 1. The fourth-order valence-corrected chi connectivity index (χ4v) is 1.97. The van der Waals surface area contributed by atoms with Gasteiger partial charge in [0.05, 0.1) is 19.9 Å². The lowest BCUT2D eigenvalue weighted by molar-refractivity contribution is 0.311. The number of aromatic nitrogens is 2. The van der Waals surface area contributed by atoms with Crippen molar-refractivity contribution in [3.63, 3.8) is 0 Å². The molecule has 0 radical (unpaired) electrons. The van der Waals surface area contributed by atoms with Crippen LogP contribution in [0.3, 0.4) is 0 Å². The van der Waals surface area contributed by atoms with Gasteiger partial charge in [0.25, 0.3) is 5.56 Å². The number of nitrogens with one attached hydrogen (secondary N) is 1. The van der Waals surface area contributed by atoms with Crippen molar-refractivity contribution in [2.45, 2.75) is 6.92 Å². The molecule has 0 saturated heterocycles. The van der Waals surface area contributed by atoms with Gasteiger partial charge in [-0.3, -0.25) is 19.4 Å². The van der Waals surface area contributed by atoms with Gasteiger partial charge in [-0.15, -0.1) is 0 Å². The van der Waals surface area contributed by atoms with Gasteiger partial charge in [0.15, 0.2) is 11.5 Å².